The van der Waals surface area contributed by atoms with Crippen molar-refractivity contribution in [3.63, 3.8) is 0 Å². The molecular formula is C22H31N3O. The van der Waals surface area contributed by atoms with Crippen LogP contribution in [0.1, 0.15) is 43.1 Å². The van der Waals surface area contributed by atoms with Crippen LogP contribution in [0.25, 0.3) is 0 Å². The molecule has 140 valence electrons. The molecule has 0 aliphatic heterocycles. The van der Waals surface area contributed by atoms with Gasteiger partial charge in [-0.2, -0.15) is 0 Å². The Hall–Kier alpha value is -2.33. The Morgan fingerprint density at radius 2 is 1.69 bits per heavy atom. The molecule has 0 radical (unpaired) electrons. The number of hydrogen-bond donors (Lipinski definition) is 2. The lowest BCUT2D eigenvalue weighted by molar-refractivity contribution is 0.0953. The molecule has 0 aliphatic carbocycles. The number of hydrogen-bond acceptors (Lipinski definition) is 3. The molecule has 2 aromatic rings. The Kier molecular flexibility index (Phi) is 8.16. The van der Waals surface area contributed by atoms with Gasteiger partial charge in [-0.05, 0) is 56.6 Å². The molecule has 0 bridgehead atoms. The number of para-hydroxylation sites is 1. The van der Waals surface area contributed by atoms with Gasteiger partial charge in [0.2, 0.25) is 0 Å². The molecule has 26 heavy (non-hydrogen) atoms. The summed E-state index contributed by atoms with van der Waals surface area (Å²) >= 11 is 0. The number of amides is 1. The van der Waals surface area contributed by atoms with Gasteiger partial charge in [0, 0.05) is 36.9 Å². The van der Waals surface area contributed by atoms with Crippen molar-refractivity contribution in [3.8, 4) is 0 Å². The normalized spacial score (nSPS) is 11.0. The van der Waals surface area contributed by atoms with Crippen LogP contribution in [0.15, 0.2) is 54.6 Å². The monoisotopic (exact) mass is 353 g/mol. The van der Waals surface area contributed by atoms with E-state index in [2.05, 4.69) is 48.4 Å². The third kappa shape index (κ3) is 6.52. The van der Waals surface area contributed by atoms with Crippen molar-refractivity contribution in [1.82, 2.24) is 10.2 Å². The van der Waals surface area contributed by atoms with Gasteiger partial charge < -0.3 is 10.6 Å². The zero-order chi connectivity index (χ0) is 18.8. The smallest absolute Gasteiger partial charge is 0.251 e. The van der Waals surface area contributed by atoms with Crippen molar-refractivity contribution in [1.29, 1.82) is 0 Å². The summed E-state index contributed by atoms with van der Waals surface area (Å²) in [7, 11) is 0. The van der Waals surface area contributed by atoms with Crippen LogP contribution in [-0.4, -0.2) is 36.5 Å². The lowest BCUT2D eigenvalue weighted by atomic mass is 10.1. The molecule has 4 nitrogen and oxygen atoms in total. The molecule has 0 heterocycles. The van der Waals surface area contributed by atoms with Crippen LogP contribution in [0.2, 0.25) is 0 Å². The second-order valence-corrected chi connectivity index (χ2v) is 6.76. The average Bonchev–Trinajstić information content (AvgIpc) is 2.66. The summed E-state index contributed by atoms with van der Waals surface area (Å²) in [5, 5.41) is 6.33. The lowest BCUT2D eigenvalue weighted by Gasteiger charge is -2.24. The molecule has 0 aromatic heterocycles. The quantitative estimate of drug-likeness (QED) is 0.631. The lowest BCUT2D eigenvalue weighted by Crippen LogP contribution is -2.30. The van der Waals surface area contributed by atoms with E-state index in [1.165, 1.54) is 5.56 Å². The van der Waals surface area contributed by atoms with Crippen LogP contribution >= 0.6 is 0 Å². The minimum atomic E-state index is -0.00697. The molecule has 2 N–H and O–H groups in total. The Morgan fingerprint density at radius 3 is 2.31 bits per heavy atom. The molecule has 4 heteroatoms. The fraction of sp³-hybridized carbons (Fsp3) is 0.409. The number of carbonyl (C=O) groups excluding carboxylic acids is 1. The maximum absolute atomic E-state index is 12.2. The molecule has 0 unspecified atom stereocenters. The van der Waals surface area contributed by atoms with E-state index in [-0.39, 0.29) is 5.91 Å². The minimum absolute atomic E-state index is 0.00697. The fourth-order valence-corrected chi connectivity index (χ4v) is 2.84. The van der Waals surface area contributed by atoms with Gasteiger partial charge in [-0.25, -0.2) is 0 Å². The van der Waals surface area contributed by atoms with Gasteiger partial charge in [-0.1, -0.05) is 37.3 Å². The summed E-state index contributed by atoms with van der Waals surface area (Å²) in [5.41, 5.74) is 3.07. The highest BCUT2D eigenvalue weighted by atomic mass is 16.1. The first-order valence-corrected chi connectivity index (χ1v) is 9.50. The van der Waals surface area contributed by atoms with Crippen molar-refractivity contribution in [2.45, 2.75) is 39.8 Å². The molecule has 0 atom stereocenters. The van der Waals surface area contributed by atoms with Gasteiger partial charge in [-0.3, -0.25) is 9.69 Å². The number of rotatable bonds is 10. The van der Waals surface area contributed by atoms with E-state index in [0.29, 0.717) is 12.6 Å². The fourth-order valence-electron chi connectivity index (χ4n) is 2.84. The van der Waals surface area contributed by atoms with Crippen LogP contribution < -0.4 is 10.6 Å². The van der Waals surface area contributed by atoms with Gasteiger partial charge in [0.1, 0.15) is 0 Å². The largest absolute Gasteiger partial charge is 0.385 e. The van der Waals surface area contributed by atoms with Crippen LogP contribution in [0.5, 0.6) is 0 Å². The van der Waals surface area contributed by atoms with E-state index < -0.39 is 0 Å². The second-order valence-electron chi connectivity index (χ2n) is 6.76. The van der Waals surface area contributed by atoms with Gasteiger partial charge in [-0.15, -0.1) is 0 Å². The summed E-state index contributed by atoms with van der Waals surface area (Å²) < 4.78 is 0. The summed E-state index contributed by atoms with van der Waals surface area (Å²) in [6.45, 7) is 10.0. The van der Waals surface area contributed by atoms with Crippen LogP contribution in [0.3, 0.4) is 0 Å². The molecule has 1 amide bonds. The maximum atomic E-state index is 12.2. The molecule has 0 saturated carbocycles. The van der Waals surface area contributed by atoms with E-state index in [0.717, 1.165) is 37.3 Å². The first-order valence-electron chi connectivity index (χ1n) is 9.50. The third-order valence-corrected chi connectivity index (χ3v) is 4.48. The molecule has 0 spiro atoms. The van der Waals surface area contributed by atoms with Gasteiger partial charge in [0.15, 0.2) is 0 Å². The van der Waals surface area contributed by atoms with Crippen molar-refractivity contribution >= 4 is 11.6 Å². The number of benzene rings is 2. The SMILES string of the molecule is CCN(Cc1ccc(C(=O)NCCCNc2ccccc2)cc1)C(C)C. The Bertz CT molecular complexity index is 653. The highest BCUT2D eigenvalue weighted by Gasteiger charge is 2.09. The van der Waals surface area contributed by atoms with E-state index in [9.17, 15) is 4.79 Å². The molecule has 0 saturated heterocycles. The number of anilines is 1. The van der Waals surface area contributed by atoms with E-state index in [1.54, 1.807) is 0 Å². The van der Waals surface area contributed by atoms with Crippen molar-refractivity contribution in [2.75, 3.05) is 25.0 Å². The Morgan fingerprint density at radius 1 is 1.00 bits per heavy atom. The number of nitrogens with zero attached hydrogens (tertiary/aromatic N) is 1. The number of carbonyl (C=O) groups is 1. The Labute approximate surface area is 157 Å². The van der Waals surface area contributed by atoms with Gasteiger partial charge in [0.25, 0.3) is 5.91 Å². The molecule has 0 aliphatic rings. The van der Waals surface area contributed by atoms with Crippen LogP contribution in [0, 0.1) is 0 Å². The first-order chi connectivity index (χ1) is 12.6. The predicted molar refractivity (Wildman–Crippen MR) is 110 cm³/mol. The van der Waals surface area contributed by atoms with E-state index in [1.807, 2.05) is 42.5 Å². The van der Waals surface area contributed by atoms with Crippen molar-refractivity contribution < 1.29 is 4.79 Å². The van der Waals surface area contributed by atoms with Gasteiger partial charge >= 0.3 is 0 Å². The summed E-state index contributed by atoms with van der Waals surface area (Å²) in [4.78, 5) is 14.6. The first kappa shape index (κ1) is 20.0. The molecule has 2 rings (SSSR count). The van der Waals surface area contributed by atoms with Crippen LogP contribution in [0.4, 0.5) is 5.69 Å². The third-order valence-electron chi connectivity index (χ3n) is 4.48. The summed E-state index contributed by atoms with van der Waals surface area (Å²) in [6.07, 6.45) is 0.887. The summed E-state index contributed by atoms with van der Waals surface area (Å²) in [5.74, 6) is -0.00697. The van der Waals surface area contributed by atoms with Crippen molar-refractivity contribution in [3.05, 3.63) is 65.7 Å². The molecule has 2 aromatic carbocycles. The zero-order valence-corrected chi connectivity index (χ0v) is 16.2. The maximum Gasteiger partial charge on any atom is 0.251 e. The average molecular weight is 354 g/mol. The highest BCUT2D eigenvalue weighted by molar-refractivity contribution is 5.94. The second kappa shape index (κ2) is 10.6. The zero-order valence-electron chi connectivity index (χ0n) is 16.2. The summed E-state index contributed by atoms with van der Waals surface area (Å²) in [6, 6.07) is 18.6. The number of nitrogens with one attached hydrogen (secondary N) is 2. The topological polar surface area (TPSA) is 44.4 Å². The highest BCUT2D eigenvalue weighted by Crippen LogP contribution is 2.10. The predicted octanol–water partition coefficient (Wildman–Crippen LogP) is 4.15. The van der Waals surface area contributed by atoms with Crippen LogP contribution in [-0.2, 0) is 6.54 Å². The van der Waals surface area contributed by atoms with Gasteiger partial charge in [0.05, 0.1) is 0 Å². The molecular weight excluding hydrogens is 322 g/mol. The van der Waals surface area contributed by atoms with E-state index >= 15 is 0 Å². The Balaban J connectivity index is 1.72. The molecule has 0 fully saturated rings. The minimum Gasteiger partial charge on any atom is -0.385 e. The standard InChI is InChI=1S/C22H31N3O/c1-4-25(18(2)3)17-19-11-13-20(14-12-19)22(26)24-16-8-15-23-21-9-6-5-7-10-21/h5-7,9-14,18,23H,4,8,15-17H2,1-3H3,(H,24,26). The van der Waals surface area contributed by atoms with Crippen molar-refractivity contribution in [2.24, 2.45) is 0 Å². The van der Waals surface area contributed by atoms with E-state index in [4.69, 9.17) is 0 Å².